The van der Waals surface area contributed by atoms with Crippen LogP contribution in [0.5, 0.6) is 17.2 Å². The molecule has 2 N–H and O–H groups in total. The second-order valence-electron chi connectivity index (χ2n) is 8.53. The van der Waals surface area contributed by atoms with Gasteiger partial charge in [0.05, 0.1) is 33.1 Å². The number of nitriles is 1. The van der Waals surface area contributed by atoms with Gasteiger partial charge in [-0.3, -0.25) is 4.68 Å². The van der Waals surface area contributed by atoms with Crippen LogP contribution in [-0.4, -0.2) is 58.7 Å². The first-order valence-electron chi connectivity index (χ1n) is 12.5. The van der Waals surface area contributed by atoms with Crippen LogP contribution in [0.15, 0.2) is 54.9 Å². The standard InChI is InChI=1S/C19H20N6O.C10H12O4/c1-3-6-21-19-22-7-4-17(23-19)16-12-25(8-5-20)24-18(16)14-9-13(2)10-15(26)11-14;1-12-7-5-4-6-8(13-2)9(7)10(11)14-3/h4,7,9-12,26H,3,6,8H2,1-2H3,(H,21,22,23);4-6H,1-3H3. The number of aryl methyl sites for hydroxylation is 1. The van der Waals surface area contributed by atoms with Crippen LogP contribution in [0.1, 0.15) is 29.3 Å². The lowest BCUT2D eigenvalue weighted by Crippen LogP contribution is -2.06. The third kappa shape index (κ3) is 7.26. The summed E-state index contributed by atoms with van der Waals surface area (Å²) in [5.41, 5.74) is 4.16. The van der Waals surface area contributed by atoms with Crippen LogP contribution in [0.3, 0.4) is 0 Å². The molecule has 0 amide bonds. The molecule has 4 aromatic rings. The van der Waals surface area contributed by atoms with Crippen molar-refractivity contribution < 1.29 is 24.1 Å². The largest absolute Gasteiger partial charge is 0.508 e. The van der Waals surface area contributed by atoms with E-state index in [1.165, 1.54) is 21.3 Å². The quantitative estimate of drug-likeness (QED) is 0.280. The third-order valence-corrected chi connectivity index (χ3v) is 5.61. The Morgan fingerprint density at radius 2 is 1.85 bits per heavy atom. The molecule has 0 unspecified atom stereocenters. The van der Waals surface area contributed by atoms with Gasteiger partial charge in [-0.1, -0.05) is 13.0 Å². The lowest BCUT2D eigenvalue weighted by Gasteiger charge is -2.10. The topological polar surface area (TPSA) is 144 Å². The summed E-state index contributed by atoms with van der Waals surface area (Å²) in [4.78, 5) is 20.2. The highest BCUT2D eigenvalue weighted by atomic mass is 16.5. The zero-order chi connectivity index (χ0) is 29.1. The molecule has 0 aliphatic carbocycles. The number of anilines is 1. The highest BCUT2D eigenvalue weighted by Gasteiger charge is 2.18. The van der Waals surface area contributed by atoms with Crippen molar-refractivity contribution in [3.8, 4) is 45.8 Å². The Labute approximate surface area is 233 Å². The maximum atomic E-state index is 11.4. The average molecular weight is 545 g/mol. The van der Waals surface area contributed by atoms with Crippen LogP contribution >= 0.6 is 0 Å². The van der Waals surface area contributed by atoms with Crippen molar-refractivity contribution in [3.05, 3.63) is 66.0 Å². The fraction of sp³-hybridized carbons (Fsp3) is 0.276. The Morgan fingerprint density at radius 1 is 1.12 bits per heavy atom. The van der Waals surface area contributed by atoms with Crippen LogP contribution in [-0.2, 0) is 11.3 Å². The molecule has 0 aliphatic heterocycles. The minimum absolute atomic E-state index is 0.136. The van der Waals surface area contributed by atoms with Crippen molar-refractivity contribution in [3.63, 3.8) is 0 Å². The molecule has 2 aromatic carbocycles. The number of aromatic hydroxyl groups is 1. The number of esters is 1. The number of phenolic OH excluding ortho intramolecular Hbond substituents is 1. The fourth-order valence-electron chi connectivity index (χ4n) is 3.86. The van der Waals surface area contributed by atoms with Crippen molar-refractivity contribution in [2.75, 3.05) is 33.2 Å². The maximum Gasteiger partial charge on any atom is 0.345 e. The molecule has 0 spiro atoms. The molecule has 0 radical (unpaired) electrons. The Kier molecular flexibility index (Phi) is 10.4. The van der Waals surface area contributed by atoms with E-state index in [-0.39, 0.29) is 12.3 Å². The number of hydrogen-bond donors (Lipinski definition) is 2. The molecule has 0 saturated carbocycles. The molecule has 4 rings (SSSR count). The first-order chi connectivity index (χ1) is 19.3. The number of carbonyl (C=O) groups excluding carboxylic acids is 1. The van der Waals surface area contributed by atoms with Gasteiger partial charge >= 0.3 is 5.97 Å². The van der Waals surface area contributed by atoms with E-state index in [2.05, 4.69) is 38.1 Å². The van der Waals surface area contributed by atoms with Crippen LogP contribution in [0.4, 0.5) is 5.95 Å². The van der Waals surface area contributed by atoms with E-state index in [1.807, 2.05) is 19.1 Å². The lowest BCUT2D eigenvalue weighted by molar-refractivity contribution is 0.0593. The summed E-state index contributed by atoms with van der Waals surface area (Å²) in [7, 11) is 4.29. The second-order valence-corrected chi connectivity index (χ2v) is 8.53. The zero-order valence-corrected chi connectivity index (χ0v) is 23.1. The van der Waals surface area contributed by atoms with Crippen molar-refractivity contribution >= 4 is 11.9 Å². The van der Waals surface area contributed by atoms with E-state index in [9.17, 15) is 9.90 Å². The average Bonchev–Trinajstić information content (AvgIpc) is 3.39. The SMILES string of the molecule is CCCNc1nccc(-c2cn(CC#N)nc2-c2cc(C)cc(O)c2)n1.COC(=O)c1c(OC)cccc1OC. The Morgan fingerprint density at radius 3 is 2.45 bits per heavy atom. The summed E-state index contributed by atoms with van der Waals surface area (Å²) in [6.45, 7) is 4.91. The van der Waals surface area contributed by atoms with E-state index in [4.69, 9.17) is 14.7 Å². The molecule has 0 saturated heterocycles. The van der Waals surface area contributed by atoms with Gasteiger partial charge in [0.25, 0.3) is 0 Å². The minimum atomic E-state index is -0.473. The van der Waals surface area contributed by atoms with Crippen molar-refractivity contribution in [2.24, 2.45) is 0 Å². The molecule has 11 nitrogen and oxygen atoms in total. The van der Waals surface area contributed by atoms with E-state index >= 15 is 0 Å². The van der Waals surface area contributed by atoms with Gasteiger partial charge in [0.1, 0.15) is 35.1 Å². The summed E-state index contributed by atoms with van der Waals surface area (Å²) in [5, 5.41) is 26.6. The molecule has 0 fully saturated rings. The number of methoxy groups -OCH3 is 3. The predicted octanol–water partition coefficient (Wildman–Crippen LogP) is 4.86. The van der Waals surface area contributed by atoms with Gasteiger partial charge in [-0.15, -0.1) is 0 Å². The molecular formula is C29H32N6O5. The molecule has 11 heteroatoms. The predicted molar refractivity (Wildman–Crippen MR) is 150 cm³/mol. The number of benzene rings is 2. The molecule has 40 heavy (non-hydrogen) atoms. The van der Waals surface area contributed by atoms with E-state index < -0.39 is 5.97 Å². The van der Waals surface area contributed by atoms with Gasteiger partial charge in [-0.2, -0.15) is 10.4 Å². The van der Waals surface area contributed by atoms with Crippen molar-refractivity contribution in [1.82, 2.24) is 19.7 Å². The Hall–Kier alpha value is -5.11. The highest BCUT2D eigenvalue weighted by Crippen LogP contribution is 2.33. The number of carbonyl (C=O) groups is 1. The van der Waals surface area contributed by atoms with Gasteiger partial charge < -0.3 is 24.6 Å². The lowest BCUT2D eigenvalue weighted by atomic mass is 10.0. The van der Waals surface area contributed by atoms with Crippen LogP contribution in [0, 0.1) is 18.3 Å². The van der Waals surface area contributed by atoms with E-state index in [0.717, 1.165) is 29.7 Å². The van der Waals surface area contributed by atoms with E-state index in [0.29, 0.717) is 34.4 Å². The molecule has 0 aliphatic rings. The van der Waals surface area contributed by atoms with Crippen LogP contribution in [0.25, 0.3) is 22.5 Å². The molecular weight excluding hydrogens is 512 g/mol. The highest BCUT2D eigenvalue weighted by molar-refractivity contribution is 5.95. The van der Waals surface area contributed by atoms with Gasteiger partial charge in [0.15, 0.2) is 0 Å². The van der Waals surface area contributed by atoms with Crippen LogP contribution in [0.2, 0.25) is 0 Å². The Balaban J connectivity index is 0.000000267. The first kappa shape index (κ1) is 29.4. The number of phenols is 1. The Bertz CT molecular complexity index is 1450. The summed E-state index contributed by atoms with van der Waals surface area (Å²) < 4.78 is 16.3. The minimum Gasteiger partial charge on any atom is -0.508 e. The van der Waals surface area contributed by atoms with Crippen LogP contribution < -0.4 is 14.8 Å². The second kappa shape index (κ2) is 14.2. The third-order valence-electron chi connectivity index (χ3n) is 5.61. The molecule has 0 atom stereocenters. The molecule has 2 heterocycles. The van der Waals surface area contributed by atoms with Crippen molar-refractivity contribution in [1.29, 1.82) is 5.26 Å². The monoisotopic (exact) mass is 544 g/mol. The summed E-state index contributed by atoms with van der Waals surface area (Å²) in [5.74, 6) is 1.14. The number of nitrogens with one attached hydrogen (secondary N) is 1. The number of rotatable bonds is 9. The van der Waals surface area contributed by atoms with Gasteiger partial charge in [0, 0.05) is 30.1 Å². The normalized spacial score (nSPS) is 10.1. The van der Waals surface area contributed by atoms with Gasteiger partial charge in [-0.05, 0) is 55.3 Å². The van der Waals surface area contributed by atoms with Gasteiger partial charge in [-0.25, -0.2) is 14.8 Å². The molecule has 2 aromatic heterocycles. The smallest absolute Gasteiger partial charge is 0.345 e. The maximum absolute atomic E-state index is 11.4. The summed E-state index contributed by atoms with van der Waals surface area (Å²) in [6.07, 6.45) is 4.46. The summed E-state index contributed by atoms with van der Waals surface area (Å²) >= 11 is 0. The molecule has 208 valence electrons. The van der Waals surface area contributed by atoms with E-state index in [1.54, 1.807) is 47.4 Å². The van der Waals surface area contributed by atoms with Gasteiger partial charge in [0.2, 0.25) is 5.95 Å². The number of hydrogen-bond acceptors (Lipinski definition) is 10. The fourth-order valence-corrected chi connectivity index (χ4v) is 3.86. The molecule has 0 bridgehead atoms. The zero-order valence-electron chi connectivity index (χ0n) is 23.1. The number of aromatic nitrogens is 4. The summed E-state index contributed by atoms with van der Waals surface area (Å²) in [6, 6.07) is 14.3. The van der Waals surface area contributed by atoms with Crippen molar-refractivity contribution in [2.45, 2.75) is 26.8 Å². The number of ether oxygens (including phenoxy) is 3. The number of nitrogens with zero attached hydrogens (tertiary/aromatic N) is 5. The first-order valence-corrected chi connectivity index (χ1v) is 12.5.